The van der Waals surface area contributed by atoms with Crippen LogP contribution in [0.3, 0.4) is 0 Å². The fourth-order valence-corrected chi connectivity index (χ4v) is 4.54. The lowest BCUT2D eigenvalue weighted by molar-refractivity contribution is -0.136. The normalized spacial score (nSPS) is 19.5. The lowest BCUT2D eigenvalue weighted by Crippen LogP contribution is -2.37. The number of rotatable bonds is 8. The van der Waals surface area contributed by atoms with E-state index < -0.39 is 5.97 Å². The van der Waals surface area contributed by atoms with Crippen LogP contribution in [0.2, 0.25) is 0 Å². The van der Waals surface area contributed by atoms with Gasteiger partial charge in [-0.25, -0.2) is 4.98 Å². The highest BCUT2D eigenvalue weighted by molar-refractivity contribution is 5.80. The number of benzene rings is 2. The van der Waals surface area contributed by atoms with Crippen molar-refractivity contribution in [3.63, 3.8) is 0 Å². The molecule has 0 radical (unpaired) electrons. The van der Waals surface area contributed by atoms with Gasteiger partial charge in [0.05, 0.1) is 23.5 Å². The molecule has 7 heteroatoms. The summed E-state index contributed by atoms with van der Waals surface area (Å²) >= 11 is 0. The molecule has 0 unspecified atom stereocenters. The SMILES string of the molecule is NC[C@H]1CC[C@H](C(=O)N[C@@H](Cc2ccccc2)c2nc3cc(CC(=O)O)ccc3[nH]2)CC1. The Hall–Kier alpha value is -3.19. The van der Waals surface area contributed by atoms with Gasteiger partial charge in [-0.05, 0) is 67.8 Å². The van der Waals surface area contributed by atoms with E-state index in [0.717, 1.165) is 36.8 Å². The second-order valence-electron chi connectivity index (χ2n) is 8.75. The number of hydrogen-bond donors (Lipinski definition) is 4. The highest BCUT2D eigenvalue weighted by atomic mass is 16.4. The number of amides is 1. The summed E-state index contributed by atoms with van der Waals surface area (Å²) in [5.74, 6) is 0.393. The summed E-state index contributed by atoms with van der Waals surface area (Å²) in [6.45, 7) is 0.688. The summed E-state index contributed by atoms with van der Waals surface area (Å²) in [4.78, 5) is 32.2. The Morgan fingerprint density at radius 2 is 1.84 bits per heavy atom. The first kappa shape index (κ1) is 22.0. The standard InChI is InChI=1S/C25H30N4O3/c26-15-17-6-9-19(10-7-17)25(32)29-22(12-16-4-2-1-3-5-16)24-27-20-11-8-18(14-23(30)31)13-21(20)28-24/h1-5,8,11,13,17,19,22H,6-7,9-10,12,14-15,26H2,(H,27,28)(H,29,32)(H,30,31)/t17-,19-,22-/m0/s1. The van der Waals surface area contributed by atoms with Crippen molar-refractivity contribution in [2.75, 3.05) is 6.54 Å². The maximum atomic E-state index is 13.1. The van der Waals surface area contributed by atoms with E-state index >= 15 is 0 Å². The first-order chi connectivity index (χ1) is 15.5. The Bertz CT molecular complexity index is 1070. The number of aromatic nitrogens is 2. The van der Waals surface area contributed by atoms with Gasteiger partial charge >= 0.3 is 5.97 Å². The van der Waals surface area contributed by atoms with Gasteiger partial charge in [0.1, 0.15) is 5.82 Å². The molecular weight excluding hydrogens is 404 g/mol. The minimum absolute atomic E-state index is 0.00243. The molecule has 3 aromatic rings. The van der Waals surface area contributed by atoms with Crippen molar-refractivity contribution in [1.29, 1.82) is 0 Å². The van der Waals surface area contributed by atoms with Gasteiger partial charge in [0.25, 0.3) is 0 Å². The topological polar surface area (TPSA) is 121 Å². The summed E-state index contributed by atoms with van der Waals surface area (Å²) in [5.41, 5.74) is 9.13. The van der Waals surface area contributed by atoms with E-state index in [2.05, 4.69) is 10.3 Å². The smallest absolute Gasteiger partial charge is 0.307 e. The van der Waals surface area contributed by atoms with Crippen LogP contribution >= 0.6 is 0 Å². The number of hydrogen-bond acceptors (Lipinski definition) is 4. The van der Waals surface area contributed by atoms with Gasteiger partial charge in [-0.2, -0.15) is 0 Å². The van der Waals surface area contributed by atoms with Crippen molar-refractivity contribution >= 4 is 22.9 Å². The van der Waals surface area contributed by atoms with Gasteiger partial charge < -0.3 is 21.1 Å². The molecule has 1 heterocycles. The van der Waals surface area contributed by atoms with Gasteiger partial charge in [-0.3, -0.25) is 9.59 Å². The minimum atomic E-state index is -0.876. The second-order valence-corrected chi connectivity index (χ2v) is 8.75. The Balaban J connectivity index is 1.56. The summed E-state index contributed by atoms with van der Waals surface area (Å²) in [5, 5.41) is 12.3. The molecular formula is C25H30N4O3. The van der Waals surface area contributed by atoms with Crippen LogP contribution in [0.1, 0.15) is 48.7 Å². The summed E-state index contributed by atoms with van der Waals surface area (Å²) in [6, 6.07) is 15.2. The van der Waals surface area contributed by atoms with Gasteiger partial charge in [-0.15, -0.1) is 0 Å². The lowest BCUT2D eigenvalue weighted by atomic mass is 9.81. The molecule has 1 aromatic heterocycles. The van der Waals surface area contributed by atoms with Crippen molar-refractivity contribution in [1.82, 2.24) is 15.3 Å². The number of nitrogens with one attached hydrogen (secondary N) is 2. The van der Waals surface area contributed by atoms with Crippen molar-refractivity contribution in [3.05, 3.63) is 65.5 Å². The van der Waals surface area contributed by atoms with E-state index in [1.165, 1.54) is 0 Å². The number of nitrogens with two attached hydrogens (primary N) is 1. The number of carbonyl (C=O) groups is 2. The average Bonchev–Trinajstić information content (AvgIpc) is 3.22. The largest absolute Gasteiger partial charge is 0.481 e. The summed E-state index contributed by atoms with van der Waals surface area (Å²) in [7, 11) is 0. The third kappa shape index (κ3) is 5.34. The quantitative estimate of drug-likeness (QED) is 0.433. The molecule has 0 spiro atoms. The van der Waals surface area contributed by atoms with E-state index in [0.29, 0.717) is 35.8 Å². The number of carbonyl (C=O) groups excluding carboxylic acids is 1. The van der Waals surface area contributed by atoms with Crippen LogP contribution in [0, 0.1) is 11.8 Å². The third-order valence-electron chi connectivity index (χ3n) is 6.40. The fourth-order valence-electron chi connectivity index (χ4n) is 4.54. The third-order valence-corrected chi connectivity index (χ3v) is 6.40. The number of nitrogens with zero attached hydrogens (tertiary/aromatic N) is 1. The molecule has 1 fully saturated rings. The van der Waals surface area contributed by atoms with Crippen molar-refractivity contribution in [2.24, 2.45) is 17.6 Å². The van der Waals surface area contributed by atoms with Gasteiger partial charge in [0, 0.05) is 5.92 Å². The molecule has 4 rings (SSSR count). The molecule has 5 N–H and O–H groups in total. The predicted molar refractivity (Wildman–Crippen MR) is 123 cm³/mol. The molecule has 1 saturated carbocycles. The Morgan fingerprint density at radius 3 is 2.53 bits per heavy atom. The van der Waals surface area contributed by atoms with Crippen LogP contribution in [-0.2, 0) is 22.4 Å². The lowest BCUT2D eigenvalue weighted by Gasteiger charge is -2.28. The number of H-pyrrole nitrogens is 1. The van der Waals surface area contributed by atoms with Crippen LogP contribution in [-0.4, -0.2) is 33.5 Å². The van der Waals surface area contributed by atoms with Crippen LogP contribution in [0.15, 0.2) is 48.5 Å². The van der Waals surface area contributed by atoms with E-state index in [4.69, 9.17) is 15.8 Å². The van der Waals surface area contributed by atoms with Crippen LogP contribution in [0.5, 0.6) is 0 Å². The number of aliphatic carboxylic acids is 1. The zero-order valence-corrected chi connectivity index (χ0v) is 18.1. The maximum absolute atomic E-state index is 13.1. The first-order valence-electron chi connectivity index (χ1n) is 11.3. The number of aromatic amines is 1. The molecule has 1 atom stereocenters. The Kier molecular flexibility index (Phi) is 6.85. The molecule has 1 aliphatic carbocycles. The Morgan fingerprint density at radius 1 is 1.09 bits per heavy atom. The predicted octanol–water partition coefficient (Wildman–Crippen LogP) is 3.36. The first-order valence-corrected chi connectivity index (χ1v) is 11.3. The highest BCUT2D eigenvalue weighted by Gasteiger charge is 2.28. The number of imidazole rings is 1. The van der Waals surface area contributed by atoms with Crippen molar-refractivity contribution in [2.45, 2.75) is 44.6 Å². The van der Waals surface area contributed by atoms with E-state index in [-0.39, 0.29) is 24.3 Å². The maximum Gasteiger partial charge on any atom is 0.307 e. The monoisotopic (exact) mass is 434 g/mol. The average molecular weight is 435 g/mol. The van der Waals surface area contributed by atoms with Crippen molar-refractivity contribution in [3.8, 4) is 0 Å². The molecule has 7 nitrogen and oxygen atoms in total. The molecule has 32 heavy (non-hydrogen) atoms. The van der Waals surface area contributed by atoms with Gasteiger partial charge in [0.15, 0.2) is 0 Å². The molecule has 0 aliphatic heterocycles. The van der Waals surface area contributed by atoms with Gasteiger partial charge in [0.2, 0.25) is 5.91 Å². The summed E-state index contributed by atoms with van der Waals surface area (Å²) in [6.07, 6.45) is 4.29. The second kappa shape index (κ2) is 9.96. The number of carboxylic acid groups (broad SMARTS) is 1. The van der Waals surface area contributed by atoms with Gasteiger partial charge in [-0.1, -0.05) is 36.4 Å². The molecule has 1 amide bonds. The van der Waals surface area contributed by atoms with E-state index in [1.54, 1.807) is 12.1 Å². The molecule has 1 aliphatic rings. The van der Waals surface area contributed by atoms with Crippen molar-refractivity contribution < 1.29 is 14.7 Å². The number of fused-ring (bicyclic) bond motifs is 1. The molecule has 0 bridgehead atoms. The van der Waals surface area contributed by atoms with Crippen LogP contribution < -0.4 is 11.1 Å². The zero-order valence-electron chi connectivity index (χ0n) is 18.1. The molecule has 2 aromatic carbocycles. The van der Waals surface area contributed by atoms with E-state index in [1.807, 2.05) is 36.4 Å². The Labute approximate surface area is 187 Å². The molecule has 0 saturated heterocycles. The highest BCUT2D eigenvalue weighted by Crippen LogP contribution is 2.29. The van der Waals surface area contributed by atoms with E-state index in [9.17, 15) is 9.59 Å². The molecule has 168 valence electrons. The van der Waals surface area contributed by atoms with Crippen LogP contribution in [0.4, 0.5) is 0 Å². The summed E-state index contributed by atoms with van der Waals surface area (Å²) < 4.78 is 0. The zero-order chi connectivity index (χ0) is 22.5. The fraction of sp³-hybridized carbons (Fsp3) is 0.400. The minimum Gasteiger partial charge on any atom is -0.481 e. The van der Waals surface area contributed by atoms with Crippen LogP contribution in [0.25, 0.3) is 11.0 Å². The number of carboxylic acids is 1.